The Balaban J connectivity index is 2.79. The van der Waals surface area contributed by atoms with E-state index in [1.807, 2.05) is 6.92 Å². The van der Waals surface area contributed by atoms with Gasteiger partial charge in [-0.25, -0.2) is 13.1 Å². The van der Waals surface area contributed by atoms with Gasteiger partial charge in [0.05, 0.1) is 4.90 Å². The van der Waals surface area contributed by atoms with Gasteiger partial charge in [-0.15, -0.1) is 12.3 Å². The Hall–Kier alpha value is -1.51. The third-order valence-electron chi connectivity index (χ3n) is 2.60. The Morgan fingerprint density at radius 2 is 2.17 bits per heavy atom. The van der Waals surface area contributed by atoms with Crippen molar-refractivity contribution in [3.63, 3.8) is 0 Å². The fourth-order valence-corrected chi connectivity index (χ4v) is 2.65. The number of nitrogen functional groups attached to an aromatic ring is 1. The molecule has 1 aromatic carbocycles. The molecule has 0 aliphatic carbocycles. The predicted molar refractivity (Wildman–Crippen MR) is 73.5 cm³/mol. The molecule has 0 saturated heterocycles. The lowest BCUT2D eigenvalue weighted by atomic mass is 10.1. The van der Waals surface area contributed by atoms with Crippen LogP contribution in [0.5, 0.6) is 0 Å². The Kier molecular flexibility index (Phi) is 5.20. The van der Waals surface area contributed by atoms with Crippen LogP contribution in [0.1, 0.15) is 25.3 Å². The molecule has 0 aliphatic heterocycles. The molecular formula is C13H18N2O2S. The quantitative estimate of drug-likeness (QED) is 0.466. The van der Waals surface area contributed by atoms with E-state index in [-0.39, 0.29) is 4.90 Å². The molecule has 0 radical (unpaired) electrons. The van der Waals surface area contributed by atoms with Gasteiger partial charge in [0.1, 0.15) is 0 Å². The molecule has 0 amide bonds. The Morgan fingerprint density at radius 3 is 2.72 bits per heavy atom. The van der Waals surface area contributed by atoms with Crippen LogP contribution >= 0.6 is 0 Å². The lowest BCUT2D eigenvalue weighted by Gasteiger charge is -2.08. The number of hydrogen-bond acceptors (Lipinski definition) is 3. The number of hydrogen-bond donors (Lipinski definition) is 2. The van der Waals surface area contributed by atoms with E-state index < -0.39 is 10.0 Å². The van der Waals surface area contributed by atoms with Crippen LogP contribution in [0.25, 0.3) is 0 Å². The summed E-state index contributed by atoms with van der Waals surface area (Å²) in [5.41, 5.74) is 7.24. The third kappa shape index (κ3) is 3.76. The molecule has 98 valence electrons. The number of benzene rings is 1. The summed E-state index contributed by atoms with van der Waals surface area (Å²) in [6.07, 6.45) is 7.06. The molecule has 0 heterocycles. The van der Waals surface area contributed by atoms with E-state index in [1.54, 1.807) is 12.1 Å². The van der Waals surface area contributed by atoms with Crippen molar-refractivity contribution in [3.8, 4) is 12.3 Å². The van der Waals surface area contributed by atoms with Gasteiger partial charge in [-0.3, -0.25) is 0 Å². The van der Waals surface area contributed by atoms with Gasteiger partial charge in [0.25, 0.3) is 0 Å². The second-order valence-electron chi connectivity index (χ2n) is 3.92. The van der Waals surface area contributed by atoms with Crippen molar-refractivity contribution in [1.82, 2.24) is 4.72 Å². The number of terminal acetylenes is 1. The fraction of sp³-hybridized carbons (Fsp3) is 0.385. The first-order chi connectivity index (χ1) is 8.51. The second-order valence-corrected chi connectivity index (χ2v) is 5.69. The molecule has 0 atom stereocenters. The molecule has 4 nitrogen and oxygen atoms in total. The SMILES string of the molecule is C#CCCCNS(=O)(=O)c1ccc(CC)c(N)c1. The number of sulfonamides is 1. The summed E-state index contributed by atoms with van der Waals surface area (Å²) in [5.74, 6) is 2.46. The highest BCUT2D eigenvalue weighted by atomic mass is 32.2. The van der Waals surface area contributed by atoms with Crippen LogP contribution in [-0.4, -0.2) is 15.0 Å². The zero-order valence-corrected chi connectivity index (χ0v) is 11.3. The number of rotatable bonds is 6. The zero-order chi connectivity index (χ0) is 13.6. The standard InChI is InChI=1S/C13H18N2O2S/c1-3-5-6-9-15-18(16,17)12-8-7-11(4-2)13(14)10-12/h1,7-8,10,15H,4-6,9,14H2,2H3. The summed E-state index contributed by atoms with van der Waals surface area (Å²) in [5, 5.41) is 0. The maximum Gasteiger partial charge on any atom is 0.240 e. The molecule has 5 heteroatoms. The summed E-state index contributed by atoms with van der Waals surface area (Å²) in [6, 6.07) is 4.80. The van der Waals surface area contributed by atoms with Crippen molar-refractivity contribution in [2.45, 2.75) is 31.1 Å². The minimum Gasteiger partial charge on any atom is -0.398 e. The van der Waals surface area contributed by atoms with Crippen LogP contribution in [0.3, 0.4) is 0 Å². The average molecular weight is 266 g/mol. The van der Waals surface area contributed by atoms with E-state index in [1.165, 1.54) is 6.07 Å². The molecule has 3 N–H and O–H groups in total. The first kappa shape index (κ1) is 14.6. The summed E-state index contributed by atoms with van der Waals surface area (Å²) < 4.78 is 26.4. The molecule has 0 bridgehead atoms. The van der Waals surface area contributed by atoms with E-state index in [9.17, 15) is 8.42 Å². The van der Waals surface area contributed by atoms with Crippen LogP contribution in [0.2, 0.25) is 0 Å². The van der Waals surface area contributed by atoms with Crippen molar-refractivity contribution < 1.29 is 8.42 Å². The number of anilines is 1. The molecular weight excluding hydrogens is 248 g/mol. The van der Waals surface area contributed by atoms with E-state index in [2.05, 4.69) is 10.6 Å². The molecule has 18 heavy (non-hydrogen) atoms. The minimum absolute atomic E-state index is 0.193. The van der Waals surface area contributed by atoms with E-state index in [4.69, 9.17) is 12.2 Å². The number of nitrogens with two attached hydrogens (primary N) is 1. The lowest BCUT2D eigenvalue weighted by Crippen LogP contribution is -2.24. The van der Waals surface area contributed by atoms with Crippen molar-refractivity contribution in [2.75, 3.05) is 12.3 Å². The molecule has 0 spiro atoms. The van der Waals surface area contributed by atoms with E-state index in [0.717, 1.165) is 12.0 Å². The minimum atomic E-state index is -3.49. The molecule has 0 aromatic heterocycles. The summed E-state index contributed by atoms with van der Waals surface area (Å²) in [4.78, 5) is 0.193. The summed E-state index contributed by atoms with van der Waals surface area (Å²) >= 11 is 0. The second kappa shape index (κ2) is 6.43. The average Bonchev–Trinajstić information content (AvgIpc) is 2.34. The first-order valence-corrected chi connectivity index (χ1v) is 7.31. The lowest BCUT2D eigenvalue weighted by molar-refractivity contribution is 0.579. The van der Waals surface area contributed by atoms with E-state index >= 15 is 0 Å². The highest BCUT2D eigenvalue weighted by Crippen LogP contribution is 2.18. The van der Waals surface area contributed by atoms with Gasteiger partial charge in [0.15, 0.2) is 0 Å². The van der Waals surface area contributed by atoms with Gasteiger partial charge in [-0.2, -0.15) is 0 Å². The van der Waals surface area contributed by atoms with Crippen molar-refractivity contribution >= 4 is 15.7 Å². The van der Waals surface area contributed by atoms with Crippen LogP contribution in [0, 0.1) is 12.3 Å². The van der Waals surface area contributed by atoms with Crippen LogP contribution in [0.4, 0.5) is 5.69 Å². The topological polar surface area (TPSA) is 72.2 Å². The number of aryl methyl sites for hydroxylation is 1. The Morgan fingerprint density at radius 1 is 1.44 bits per heavy atom. The van der Waals surface area contributed by atoms with E-state index in [0.29, 0.717) is 25.1 Å². The van der Waals surface area contributed by atoms with Crippen LogP contribution in [0.15, 0.2) is 23.1 Å². The van der Waals surface area contributed by atoms with Gasteiger partial charge in [0, 0.05) is 18.7 Å². The van der Waals surface area contributed by atoms with Crippen molar-refractivity contribution in [2.24, 2.45) is 0 Å². The monoisotopic (exact) mass is 266 g/mol. The zero-order valence-electron chi connectivity index (χ0n) is 10.4. The van der Waals surface area contributed by atoms with Crippen LogP contribution < -0.4 is 10.5 Å². The summed E-state index contributed by atoms with van der Waals surface area (Å²) in [6.45, 7) is 2.31. The first-order valence-electron chi connectivity index (χ1n) is 5.82. The van der Waals surface area contributed by atoms with Gasteiger partial charge < -0.3 is 5.73 Å². The molecule has 0 unspecified atom stereocenters. The molecule has 0 saturated carbocycles. The number of unbranched alkanes of at least 4 members (excludes halogenated alkanes) is 1. The van der Waals surface area contributed by atoms with Gasteiger partial charge in [0.2, 0.25) is 10.0 Å². The largest absolute Gasteiger partial charge is 0.398 e. The molecule has 1 aromatic rings. The third-order valence-corrected chi connectivity index (χ3v) is 4.06. The van der Waals surface area contributed by atoms with Crippen molar-refractivity contribution in [1.29, 1.82) is 0 Å². The maximum atomic E-state index is 11.9. The Labute approximate surface area is 109 Å². The molecule has 1 rings (SSSR count). The normalized spacial score (nSPS) is 11.1. The molecule has 0 aliphatic rings. The Bertz CT molecular complexity index is 545. The number of nitrogens with one attached hydrogen (secondary N) is 1. The fourth-order valence-electron chi connectivity index (χ4n) is 1.54. The maximum absolute atomic E-state index is 11.9. The van der Waals surface area contributed by atoms with Gasteiger partial charge >= 0.3 is 0 Å². The molecule has 0 fully saturated rings. The smallest absolute Gasteiger partial charge is 0.240 e. The summed E-state index contributed by atoms with van der Waals surface area (Å²) in [7, 11) is -3.49. The van der Waals surface area contributed by atoms with Gasteiger partial charge in [-0.05, 0) is 30.5 Å². The van der Waals surface area contributed by atoms with Crippen molar-refractivity contribution in [3.05, 3.63) is 23.8 Å². The van der Waals surface area contributed by atoms with Gasteiger partial charge in [-0.1, -0.05) is 13.0 Å². The highest BCUT2D eigenvalue weighted by Gasteiger charge is 2.14. The predicted octanol–water partition coefficient (Wildman–Crippen LogP) is 1.52. The highest BCUT2D eigenvalue weighted by molar-refractivity contribution is 7.89. The van der Waals surface area contributed by atoms with Crippen LogP contribution in [-0.2, 0) is 16.4 Å².